The molecule has 0 aliphatic heterocycles. The molecule has 0 saturated heterocycles. The number of phosphoric ester groups is 2. The summed E-state index contributed by atoms with van der Waals surface area (Å²) in [6.07, 6.45) is 86.8. The molecule has 104 heavy (non-hydrogen) atoms. The van der Waals surface area contributed by atoms with Gasteiger partial charge in [0.1, 0.15) is 19.3 Å². The number of ether oxygens (including phenoxy) is 4. The van der Waals surface area contributed by atoms with Crippen molar-refractivity contribution in [2.75, 3.05) is 39.6 Å². The molecule has 5 atom stereocenters. The highest BCUT2D eigenvalue weighted by Crippen LogP contribution is 2.45. The van der Waals surface area contributed by atoms with Gasteiger partial charge < -0.3 is 33.8 Å². The van der Waals surface area contributed by atoms with E-state index in [1.807, 2.05) is 0 Å². The molecule has 0 aliphatic rings. The Kier molecular flexibility index (Phi) is 72.4. The average molecular weight is 1500 g/mol. The predicted octanol–water partition coefficient (Wildman–Crippen LogP) is 23.4. The van der Waals surface area contributed by atoms with Crippen molar-refractivity contribution in [3.63, 3.8) is 0 Å². The lowest BCUT2D eigenvalue weighted by molar-refractivity contribution is -0.161. The number of phosphoric acid groups is 2. The number of carbonyl (C=O) groups excluding carboxylic acids is 4. The van der Waals surface area contributed by atoms with Gasteiger partial charge >= 0.3 is 39.5 Å². The van der Waals surface area contributed by atoms with Crippen LogP contribution in [0.4, 0.5) is 0 Å². The summed E-state index contributed by atoms with van der Waals surface area (Å²) < 4.78 is 68.6. The Hall–Kier alpha value is -5.06. The van der Waals surface area contributed by atoms with Crippen molar-refractivity contribution in [3.05, 3.63) is 146 Å². The topological polar surface area (TPSA) is 237 Å². The predicted molar refractivity (Wildman–Crippen MR) is 427 cm³/mol. The molecule has 0 bridgehead atoms. The van der Waals surface area contributed by atoms with Crippen LogP contribution in [0.1, 0.15) is 310 Å². The first kappa shape index (κ1) is 98.9. The minimum absolute atomic E-state index is 0.0651. The minimum Gasteiger partial charge on any atom is -0.462 e. The Morgan fingerprint density at radius 3 is 0.779 bits per heavy atom. The largest absolute Gasteiger partial charge is 0.472 e. The van der Waals surface area contributed by atoms with E-state index in [2.05, 4.69) is 174 Å². The van der Waals surface area contributed by atoms with E-state index in [0.717, 1.165) is 193 Å². The molecule has 19 heteroatoms. The van der Waals surface area contributed by atoms with Gasteiger partial charge in [-0.1, -0.05) is 270 Å². The van der Waals surface area contributed by atoms with E-state index in [-0.39, 0.29) is 25.7 Å². The van der Waals surface area contributed by atoms with E-state index in [9.17, 15) is 43.2 Å². The summed E-state index contributed by atoms with van der Waals surface area (Å²) in [5.41, 5.74) is 0. The third kappa shape index (κ3) is 75.2. The quantitative estimate of drug-likeness (QED) is 0.0169. The maximum absolute atomic E-state index is 13.1. The highest BCUT2D eigenvalue weighted by molar-refractivity contribution is 7.47. The number of unbranched alkanes of at least 4 members (excludes halogenated alkanes) is 24. The van der Waals surface area contributed by atoms with E-state index in [4.69, 9.17) is 37.0 Å². The van der Waals surface area contributed by atoms with Crippen molar-refractivity contribution in [1.29, 1.82) is 0 Å². The Morgan fingerprint density at radius 2 is 0.500 bits per heavy atom. The average Bonchev–Trinajstić information content (AvgIpc) is 0.937. The van der Waals surface area contributed by atoms with Crippen LogP contribution in [0.25, 0.3) is 0 Å². The zero-order valence-corrected chi connectivity index (χ0v) is 66.7. The van der Waals surface area contributed by atoms with Crippen LogP contribution in [0.15, 0.2) is 146 Å². The molecule has 0 aromatic rings. The van der Waals surface area contributed by atoms with Crippen LogP contribution in [0.5, 0.6) is 0 Å². The molecular formula is C85H142O17P2. The molecule has 0 rings (SSSR count). The molecule has 5 unspecified atom stereocenters. The van der Waals surface area contributed by atoms with E-state index in [0.29, 0.717) is 25.7 Å². The highest BCUT2D eigenvalue weighted by atomic mass is 31.2. The van der Waals surface area contributed by atoms with Gasteiger partial charge in [0.05, 0.1) is 26.4 Å². The number of aliphatic hydroxyl groups excluding tert-OH is 1. The smallest absolute Gasteiger partial charge is 0.462 e. The maximum Gasteiger partial charge on any atom is 0.472 e. The van der Waals surface area contributed by atoms with Crippen molar-refractivity contribution >= 4 is 39.5 Å². The second-order valence-corrected chi connectivity index (χ2v) is 29.1. The number of rotatable bonds is 74. The van der Waals surface area contributed by atoms with Crippen LogP contribution < -0.4 is 0 Å². The van der Waals surface area contributed by atoms with Crippen LogP contribution in [-0.4, -0.2) is 96.7 Å². The summed E-state index contributed by atoms with van der Waals surface area (Å²) in [5.74, 6) is -2.26. The Balaban J connectivity index is 5.43. The Morgan fingerprint density at radius 1 is 0.279 bits per heavy atom. The summed E-state index contributed by atoms with van der Waals surface area (Å²) in [7, 11) is -9.99. The third-order valence-corrected chi connectivity index (χ3v) is 18.2. The lowest BCUT2D eigenvalue weighted by Crippen LogP contribution is -2.30. The van der Waals surface area contributed by atoms with E-state index in [1.165, 1.54) is 38.5 Å². The molecule has 0 saturated carbocycles. The fourth-order valence-electron chi connectivity index (χ4n) is 10.3. The molecule has 0 radical (unpaired) electrons. The van der Waals surface area contributed by atoms with E-state index >= 15 is 0 Å². The number of carbonyl (C=O) groups is 4. The number of hydrogen-bond acceptors (Lipinski definition) is 15. The monoisotopic (exact) mass is 1500 g/mol. The molecule has 594 valence electrons. The van der Waals surface area contributed by atoms with Gasteiger partial charge in [0.25, 0.3) is 0 Å². The standard InChI is InChI=1S/C85H142O17P2/c1-5-9-13-17-21-25-29-33-37-39-43-45-49-53-57-61-65-69-82(87)95-75-80(101-84(89)71-67-63-59-55-51-47-41-35-31-27-23-19-15-11-7-3)77-99-103(91,92)97-73-79(86)74-98-104(93,94)100-78-81(102-85(90)72-68-64-60-56-52-48-42-36-32-28-24-20-16-12-8-4)76-96-83(88)70-66-62-58-54-50-46-44-40-38-34-30-26-22-18-14-10-6-2/h9-11,13-15,21-23,25-27,33-38,41-46,79-81,86H,5-8,12,16-20,24,28-32,39-40,47-78H2,1-4H3,(H,91,92)(H,93,94)/b13-9-,14-10-,15-11-,25-21-,26-22-,27-23-,37-33-,38-34-,41-35-,42-36-,45-43-,46-44-. The fourth-order valence-corrected chi connectivity index (χ4v) is 11.8. The van der Waals surface area contributed by atoms with Crippen molar-refractivity contribution in [2.45, 2.75) is 329 Å². The zero-order valence-electron chi connectivity index (χ0n) is 64.9. The van der Waals surface area contributed by atoms with Gasteiger partial charge in [-0.3, -0.25) is 37.3 Å². The molecule has 0 amide bonds. The SMILES string of the molecule is CC/C=C\C/C=C\C/C=C\C/C=C\CCCCCCC(=O)OCC(COP(=O)(O)OCC(O)COP(=O)(O)OCC(COC(=O)CCCCCC/C=C\C/C=C\C/C=C\C/C=C\CC)OC(=O)CCCCCCC/C=C\CCCCCCCC)OC(=O)CCCCCCC/C=C\C/C=C\C/C=C\CC. The second-order valence-electron chi connectivity index (χ2n) is 26.2. The Labute approximate surface area is 630 Å². The maximum atomic E-state index is 13.1. The van der Waals surface area contributed by atoms with Gasteiger partial charge in [0.2, 0.25) is 0 Å². The highest BCUT2D eigenvalue weighted by Gasteiger charge is 2.30. The van der Waals surface area contributed by atoms with Crippen molar-refractivity contribution in [3.8, 4) is 0 Å². The van der Waals surface area contributed by atoms with Crippen LogP contribution in [0, 0.1) is 0 Å². The molecule has 0 spiro atoms. The fraction of sp³-hybridized carbons (Fsp3) is 0.671. The molecule has 3 N–H and O–H groups in total. The summed E-state index contributed by atoms with van der Waals surface area (Å²) in [5, 5.41) is 10.6. The van der Waals surface area contributed by atoms with E-state index < -0.39 is 97.5 Å². The third-order valence-electron chi connectivity index (χ3n) is 16.3. The molecule has 0 aromatic carbocycles. The summed E-state index contributed by atoms with van der Waals surface area (Å²) in [6, 6.07) is 0. The molecule has 0 aromatic heterocycles. The van der Waals surface area contributed by atoms with Crippen molar-refractivity contribution in [2.24, 2.45) is 0 Å². The molecule has 0 aliphatic carbocycles. The lowest BCUT2D eigenvalue weighted by Gasteiger charge is -2.21. The summed E-state index contributed by atoms with van der Waals surface area (Å²) in [4.78, 5) is 73.1. The van der Waals surface area contributed by atoms with Crippen molar-refractivity contribution in [1.82, 2.24) is 0 Å². The Bertz CT molecular complexity index is 2540. The summed E-state index contributed by atoms with van der Waals surface area (Å²) >= 11 is 0. The number of hydrogen-bond donors (Lipinski definition) is 3. The number of aliphatic hydroxyl groups is 1. The molecule has 0 fully saturated rings. The van der Waals surface area contributed by atoms with Gasteiger partial charge in [-0.2, -0.15) is 0 Å². The normalized spacial score (nSPS) is 14.6. The lowest BCUT2D eigenvalue weighted by atomic mass is 10.1. The van der Waals surface area contributed by atoms with Gasteiger partial charge in [0, 0.05) is 25.7 Å². The first-order chi connectivity index (χ1) is 50.7. The van der Waals surface area contributed by atoms with Crippen LogP contribution in [0.3, 0.4) is 0 Å². The van der Waals surface area contributed by atoms with Gasteiger partial charge in [-0.15, -0.1) is 0 Å². The van der Waals surface area contributed by atoms with Crippen LogP contribution >= 0.6 is 15.6 Å². The van der Waals surface area contributed by atoms with Crippen molar-refractivity contribution < 1.29 is 80.2 Å². The summed E-state index contributed by atoms with van der Waals surface area (Å²) in [6.45, 7) is 4.45. The van der Waals surface area contributed by atoms with Crippen LogP contribution in [-0.2, 0) is 65.4 Å². The molecule has 0 heterocycles. The van der Waals surface area contributed by atoms with E-state index in [1.54, 1.807) is 0 Å². The minimum atomic E-state index is -4.99. The van der Waals surface area contributed by atoms with Gasteiger partial charge in [0.15, 0.2) is 12.2 Å². The molecular weight excluding hydrogens is 1350 g/mol. The second kappa shape index (κ2) is 76.1. The van der Waals surface area contributed by atoms with Gasteiger partial charge in [-0.25, -0.2) is 9.13 Å². The first-order valence-electron chi connectivity index (χ1n) is 40.1. The number of esters is 4. The zero-order chi connectivity index (χ0) is 76.0. The first-order valence-corrected chi connectivity index (χ1v) is 43.1. The molecule has 17 nitrogen and oxygen atoms in total. The van der Waals surface area contributed by atoms with Gasteiger partial charge in [-0.05, 0) is 161 Å². The number of allylic oxidation sites excluding steroid dienone is 24. The van der Waals surface area contributed by atoms with Crippen LogP contribution in [0.2, 0.25) is 0 Å².